The van der Waals surface area contributed by atoms with Crippen molar-refractivity contribution < 1.29 is 9.90 Å². The number of aryl methyl sites for hydroxylation is 1. The first-order chi connectivity index (χ1) is 9.06. The third kappa shape index (κ3) is 3.80. The number of hydrogen-bond acceptors (Lipinski definition) is 2. The van der Waals surface area contributed by atoms with Crippen LogP contribution in [-0.4, -0.2) is 23.2 Å². The molecule has 0 aromatic heterocycles. The average molecular weight is 261 g/mol. The molecule has 0 fully saturated rings. The van der Waals surface area contributed by atoms with E-state index >= 15 is 0 Å². The summed E-state index contributed by atoms with van der Waals surface area (Å²) in [4.78, 5) is 11.3. The molecule has 0 saturated heterocycles. The number of carboxylic acid groups (broad SMARTS) is 1. The zero-order valence-electron chi connectivity index (χ0n) is 11.7. The zero-order chi connectivity index (χ0) is 13.8. The molecule has 1 aliphatic carbocycles. The number of benzene rings is 1. The molecule has 0 bridgehead atoms. The highest BCUT2D eigenvalue weighted by molar-refractivity contribution is 5.73. The van der Waals surface area contributed by atoms with Gasteiger partial charge in [-0.25, -0.2) is 0 Å². The van der Waals surface area contributed by atoms with Crippen molar-refractivity contribution in [2.45, 2.75) is 51.6 Å². The lowest BCUT2D eigenvalue weighted by Gasteiger charge is -2.29. The average Bonchev–Trinajstić information content (AvgIpc) is 2.37. The molecule has 19 heavy (non-hydrogen) atoms. The van der Waals surface area contributed by atoms with Gasteiger partial charge in [0.15, 0.2) is 0 Å². The Hall–Kier alpha value is -1.35. The van der Waals surface area contributed by atoms with Gasteiger partial charge in [0.05, 0.1) is 0 Å². The van der Waals surface area contributed by atoms with E-state index in [-0.39, 0.29) is 6.04 Å². The lowest BCUT2D eigenvalue weighted by Crippen LogP contribution is -2.46. The molecule has 2 atom stereocenters. The Morgan fingerprint density at radius 3 is 2.68 bits per heavy atom. The van der Waals surface area contributed by atoms with Gasteiger partial charge in [0, 0.05) is 6.04 Å². The normalized spacial score (nSPS) is 20.1. The highest BCUT2D eigenvalue weighted by Crippen LogP contribution is 2.21. The van der Waals surface area contributed by atoms with Gasteiger partial charge < -0.3 is 10.4 Å². The number of fused-ring (bicyclic) bond motifs is 1. The Kier molecular flexibility index (Phi) is 4.59. The number of rotatable bonds is 5. The van der Waals surface area contributed by atoms with Crippen LogP contribution in [0, 0.1) is 5.92 Å². The van der Waals surface area contributed by atoms with Crippen molar-refractivity contribution in [1.82, 2.24) is 5.32 Å². The molecule has 0 radical (unpaired) electrons. The van der Waals surface area contributed by atoms with Gasteiger partial charge in [0.2, 0.25) is 0 Å². The van der Waals surface area contributed by atoms with Crippen LogP contribution in [0.4, 0.5) is 0 Å². The van der Waals surface area contributed by atoms with Crippen LogP contribution in [0.2, 0.25) is 0 Å². The highest BCUT2D eigenvalue weighted by Gasteiger charge is 2.25. The fourth-order valence-electron chi connectivity index (χ4n) is 2.84. The molecule has 3 nitrogen and oxygen atoms in total. The Balaban J connectivity index is 1.98. The van der Waals surface area contributed by atoms with Crippen LogP contribution in [0.1, 0.15) is 37.8 Å². The molecule has 0 heterocycles. The summed E-state index contributed by atoms with van der Waals surface area (Å²) in [6.45, 7) is 4.13. The van der Waals surface area contributed by atoms with Crippen LogP contribution >= 0.6 is 0 Å². The molecule has 1 aromatic rings. The van der Waals surface area contributed by atoms with Crippen LogP contribution in [-0.2, 0) is 17.6 Å². The molecule has 2 rings (SSSR count). The van der Waals surface area contributed by atoms with Gasteiger partial charge in [0.25, 0.3) is 0 Å². The quantitative estimate of drug-likeness (QED) is 0.856. The summed E-state index contributed by atoms with van der Waals surface area (Å²) in [6, 6.07) is 8.33. The third-order valence-electron chi connectivity index (χ3n) is 3.79. The molecule has 3 heteroatoms. The lowest BCUT2D eigenvalue weighted by molar-refractivity contribution is -0.140. The van der Waals surface area contributed by atoms with Gasteiger partial charge in [-0.15, -0.1) is 0 Å². The fourth-order valence-corrected chi connectivity index (χ4v) is 2.84. The Bertz CT molecular complexity index is 442. The van der Waals surface area contributed by atoms with Crippen LogP contribution in [0.25, 0.3) is 0 Å². The van der Waals surface area contributed by atoms with E-state index in [1.807, 2.05) is 0 Å². The van der Waals surface area contributed by atoms with Crippen molar-refractivity contribution in [1.29, 1.82) is 0 Å². The molecule has 0 amide bonds. The smallest absolute Gasteiger partial charge is 0.320 e. The minimum absolute atomic E-state index is 0.287. The Labute approximate surface area is 115 Å². The maximum atomic E-state index is 11.3. The summed E-state index contributed by atoms with van der Waals surface area (Å²) >= 11 is 0. The predicted molar refractivity (Wildman–Crippen MR) is 76.3 cm³/mol. The SMILES string of the molecule is CC(C)CC(NC1CCc2ccccc2C1)C(=O)O. The van der Waals surface area contributed by atoms with Gasteiger partial charge in [0.1, 0.15) is 6.04 Å². The minimum atomic E-state index is -0.729. The van der Waals surface area contributed by atoms with Crippen LogP contribution < -0.4 is 5.32 Å². The molecule has 1 aliphatic rings. The number of hydrogen-bond donors (Lipinski definition) is 2. The molecule has 104 valence electrons. The summed E-state index contributed by atoms with van der Waals surface area (Å²) in [5.41, 5.74) is 2.77. The molecule has 0 saturated carbocycles. The first-order valence-corrected chi connectivity index (χ1v) is 7.12. The van der Waals surface area contributed by atoms with E-state index in [4.69, 9.17) is 0 Å². The standard InChI is InChI=1S/C16H23NO2/c1-11(2)9-15(16(18)19)17-14-8-7-12-5-3-4-6-13(12)10-14/h3-6,11,14-15,17H,7-10H2,1-2H3,(H,18,19). The summed E-state index contributed by atoms with van der Waals surface area (Å²) in [7, 11) is 0. The van der Waals surface area contributed by atoms with E-state index in [0.29, 0.717) is 12.3 Å². The summed E-state index contributed by atoms with van der Waals surface area (Å²) in [5, 5.41) is 12.6. The summed E-state index contributed by atoms with van der Waals surface area (Å²) < 4.78 is 0. The van der Waals surface area contributed by atoms with Crippen LogP contribution in [0.3, 0.4) is 0 Å². The van der Waals surface area contributed by atoms with Gasteiger partial charge >= 0.3 is 5.97 Å². The van der Waals surface area contributed by atoms with Crippen molar-refractivity contribution in [2.24, 2.45) is 5.92 Å². The zero-order valence-corrected chi connectivity index (χ0v) is 11.7. The first kappa shape index (κ1) is 14.1. The number of nitrogens with one attached hydrogen (secondary N) is 1. The van der Waals surface area contributed by atoms with Gasteiger partial charge in [-0.2, -0.15) is 0 Å². The number of carboxylic acids is 1. The van der Waals surface area contributed by atoms with Gasteiger partial charge in [-0.1, -0.05) is 38.1 Å². The minimum Gasteiger partial charge on any atom is -0.480 e. The van der Waals surface area contributed by atoms with E-state index in [0.717, 1.165) is 19.3 Å². The van der Waals surface area contributed by atoms with E-state index in [1.54, 1.807) is 0 Å². The van der Waals surface area contributed by atoms with Crippen molar-refractivity contribution in [3.63, 3.8) is 0 Å². The van der Waals surface area contributed by atoms with E-state index in [9.17, 15) is 9.90 Å². The second-order valence-electron chi connectivity index (χ2n) is 5.90. The molecular weight excluding hydrogens is 238 g/mol. The number of aliphatic carboxylic acids is 1. The van der Waals surface area contributed by atoms with E-state index < -0.39 is 12.0 Å². The number of carbonyl (C=O) groups is 1. The second-order valence-corrected chi connectivity index (χ2v) is 5.90. The fraction of sp³-hybridized carbons (Fsp3) is 0.562. The van der Waals surface area contributed by atoms with Crippen molar-refractivity contribution in [3.05, 3.63) is 35.4 Å². The predicted octanol–water partition coefficient (Wildman–Crippen LogP) is 2.63. The maximum absolute atomic E-state index is 11.3. The van der Waals surface area contributed by atoms with Crippen LogP contribution in [0.15, 0.2) is 24.3 Å². The van der Waals surface area contributed by atoms with E-state index in [2.05, 4.69) is 43.4 Å². The summed E-state index contributed by atoms with van der Waals surface area (Å²) in [6.07, 6.45) is 3.70. The van der Waals surface area contributed by atoms with Crippen molar-refractivity contribution >= 4 is 5.97 Å². The Morgan fingerprint density at radius 1 is 1.37 bits per heavy atom. The van der Waals surface area contributed by atoms with E-state index in [1.165, 1.54) is 11.1 Å². The molecule has 2 unspecified atom stereocenters. The van der Waals surface area contributed by atoms with Gasteiger partial charge in [-0.3, -0.25) is 4.79 Å². The second kappa shape index (κ2) is 6.20. The monoisotopic (exact) mass is 261 g/mol. The summed E-state index contributed by atoms with van der Waals surface area (Å²) in [5.74, 6) is -0.336. The molecule has 0 spiro atoms. The largest absolute Gasteiger partial charge is 0.480 e. The third-order valence-corrected chi connectivity index (χ3v) is 3.79. The first-order valence-electron chi connectivity index (χ1n) is 7.12. The molecule has 2 N–H and O–H groups in total. The highest BCUT2D eigenvalue weighted by atomic mass is 16.4. The van der Waals surface area contributed by atoms with Crippen LogP contribution in [0.5, 0.6) is 0 Å². The van der Waals surface area contributed by atoms with Crippen molar-refractivity contribution in [3.8, 4) is 0 Å². The molecular formula is C16H23NO2. The maximum Gasteiger partial charge on any atom is 0.320 e. The van der Waals surface area contributed by atoms with Crippen molar-refractivity contribution in [2.75, 3.05) is 0 Å². The molecule has 0 aliphatic heterocycles. The van der Waals surface area contributed by atoms with Gasteiger partial charge in [-0.05, 0) is 42.7 Å². The molecule has 1 aromatic carbocycles. The topological polar surface area (TPSA) is 49.3 Å². The lowest BCUT2D eigenvalue weighted by atomic mass is 9.87. The Morgan fingerprint density at radius 2 is 2.05 bits per heavy atom.